The van der Waals surface area contributed by atoms with Crippen LogP contribution in [0.1, 0.15) is 10.4 Å². The van der Waals surface area contributed by atoms with Gasteiger partial charge in [0.2, 0.25) is 0 Å². The Bertz CT molecular complexity index is 529. The molecule has 0 aliphatic carbocycles. The third-order valence-corrected chi connectivity index (χ3v) is 2.93. The van der Waals surface area contributed by atoms with Gasteiger partial charge in [0.05, 0.1) is 13.2 Å². The molecule has 5 heteroatoms. The SMILES string of the molecule is COc1ccc(C(=O)/C=C2\NCCN2CC#N)cc1. The molecule has 1 N–H and O–H groups in total. The van der Waals surface area contributed by atoms with E-state index in [4.69, 9.17) is 10.00 Å². The smallest absolute Gasteiger partial charge is 0.189 e. The molecule has 0 amide bonds. The highest BCUT2D eigenvalue weighted by atomic mass is 16.5. The number of carbonyl (C=O) groups is 1. The normalized spacial score (nSPS) is 16.0. The monoisotopic (exact) mass is 257 g/mol. The molecular weight excluding hydrogens is 242 g/mol. The van der Waals surface area contributed by atoms with Crippen LogP contribution in [-0.2, 0) is 0 Å². The molecule has 0 aromatic heterocycles. The lowest BCUT2D eigenvalue weighted by atomic mass is 10.1. The van der Waals surface area contributed by atoms with E-state index in [0.717, 1.165) is 13.1 Å². The highest BCUT2D eigenvalue weighted by molar-refractivity contribution is 6.04. The fraction of sp³-hybridized carbons (Fsp3) is 0.286. The Balaban J connectivity index is 2.13. The minimum absolute atomic E-state index is 0.0880. The van der Waals surface area contributed by atoms with Gasteiger partial charge in [-0.1, -0.05) is 0 Å². The Morgan fingerprint density at radius 1 is 1.53 bits per heavy atom. The third kappa shape index (κ3) is 3.05. The molecule has 19 heavy (non-hydrogen) atoms. The molecule has 2 rings (SSSR count). The number of ether oxygens (including phenoxy) is 1. The van der Waals surface area contributed by atoms with Crippen LogP contribution in [0, 0.1) is 11.3 Å². The maximum absolute atomic E-state index is 12.1. The summed E-state index contributed by atoms with van der Waals surface area (Å²) in [6.07, 6.45) is 1.53. The summed E-state index contributed by atoms with van der Waals surface area (Å²) < 4.78 is 5.05. The molecule has 1 fully saturated rings. The number of allylic oxidation sites excluding steroid dienone is 1. The van der Waals surface area contributed by atoms with Crippen LogP contribution in [0.4, 0.5) is 0 Å². The summed E-state index contributed by atoms with van der Waals surface area (Å²) in [5, 5.41) is 11.8. The number of ketones is 1. The Morgan fingerprint density at radius 2 is 2.26 bits per heavy atom. The molecular formula is C14H15N3O2. The van der Waals surface area contributed by atoms with Crippen molar-refractivity contribution in [2.24, 2.45) is 0 Å². The average Bonchev–Trinajstić information content (AvgIpc) is 2.86. The second-order valence-electron chi connectivity index (χ2n) is 4.13. The number of hydrogen-bond donors (Lipinski definition) is 1. The molecule has 98 valence electrons. The summed E-state index contributed by atoms with van der Waals surface area (Å²) in [7, 11) is 1.58. The van der Waals surface area contributed by atoms with Gasteiger partial charge in [0, 0.05) is 24.7 Å². The number of nitrogens with one attached hydrogen (secondary N) is 1. The molecule has 0 spiro atoms. The predicted molar refractivity (Wildman–Crippen MR) is 70.6 cm³/mol. The van der Waals surface area contributed by atoms with Crippen LogP contribution in [0.2, 0.25) is 0 Å². The number of rotatable bonds is 4. The standard InChI is InChI=1S/C14H15N3O2/c1-19-12-4-2-11(3-5-12)13(18)10-14-16-7-9-17(14)8-6-15/h2-5,10,16H,7-9H2,1H3/b14-10+. The maximum Gasteiger partial charge on any atom is 0.189 e. The molecule has 1 aliphatic rings. The summed E-state index contributed by atoms with van der Waals surface area (Å²) in [5.74, 6) is 1.34. The van der Waals surface area contributed by atoms with Crippen molar-refractivity contribution in [1.29, 1.82) is 5.26 Å². The maximum atomic E-state index is 12.1. The minimum Gasteiger partial charge on any atom is -0.497 e. The van der Waals surface area contributed by atoms with Crippen LogP contribution < -0.4 is 10.1 Å². The van der Waals surface area contributed by atoms with Crippen molar-refractivity contribution in [3.05, 3.63) is 41.7 Å². The fourth-order valence-electron chi connectivity index (χ4n) is 1.91. The number of hydrogen-bond acceptors (Lipinski definition) is 5. The second-order valence-corrected chi connectivity index (χ2v) is 4.13. The van der Waals surface area contributed by atoms with Crippen molar-refractivity contribution in [2.45, 2.75) is 0 Å². The predicted octanol–water partition coefficient (Wildman–Crippen LogP) is 1.15. The van der Waals surface area contributed by atoms with Crippen molar-refractivity contribution in [3.8, 4) is 11.8 Å². The summed E-state index contributed by atoms with van der Waals surface area (Å²) >= 11 is 0. The molecule has 0 bridgehead atoms. The van der Waals surface area contributed by atoms with Crippen molar-refractivity contribution < 1.29 is 9.53 Å². The molecule has 1 aromatic rings. The molecule has 0 atom stereocenters. The number of nitriles is 1. The number of benzene rings is 1. The number of carbonyl (C=O) groups excluding carboxylic acids is 1. The lowest BCUT2D eigenvalue weighted by molar-refractivity contribution is 0.104. The van der Waals surface area contributed by atoms with Gasteiger partial charge < -0.3 is 15.0 Å². The largest absolute Gasteiger partial charge is 0.497 e. The first-order valence-electron chi connectivity index (χ1n) is 6.00. The van der Waals surface area contributed by atoms with Crippen LogP contribution in [0.5, 0.6) is 5.75 Å². The minimum atomic E-state index is -0.0880. The van der Waals surface area contributed by atoms with Crippen LogP contribution >= 0.6 is 0 Å². The van der Waals surface area contributed by atoms with Crippen LogP contribution in [0.3, 0.4) is 0 Å². The van der Waals surface area contributed by atoms with E-state index < -0.39 is 0 Å². The molecule has 1 heterocycles. The van der Waals surface area contributed by atoms with Gasteiger partial charge in [0.25, 0.3) is 0 Å². The van der Waals surface area contributed by atoms with Gasteiger partial charge >= 0.3 is 0 Å². The second kappa shape index (κ2) is 5.91. The zero-order valence-electron chi connectivity index (χ0n) is 10.7. The van der Waals surface area contributed by atoms with Crippen LogP contribution in [-0.4, -0.2) is 37.4 Å². The first kappa shape index (κ1) is 13.0. The number of methoxy groups -OCH3 is 1. The van der Waals surface area contributed by atoms with Gasteiger partial charge in [-0.25, -0.2) is 0 Å². The zero-order valence-corrected chi connectivity index (χ0v) is 10.7. The Kier molecular flexibility index (Phi) is 4.04. The Hall–Kier alpha value is -2.48. The van der Waals surface area contributed by atoms with Crippen LogP contribution in [0.25, 0.3) is 0 Å². The average molecular weight is 257 g/mol. The van der Waals surface area contributed by atoms with Crippen molar-refractivity contribution >= 4 is 5.78 Å². The van der Waals surface area contributed by atoms with Crippen molar-refractivity contribution in [3.63, 3.8) is 0 Å². The molecule has 0 saturated carbocycles. The van der Waals surface area contributed by atoms with Gasteiger partial charge in [0.1, 0.15) is 18.1 Å². The molecule has 5 nitrogen and oxygen atoms in total. The van der Waals surface area contributed by atoms with Crippen LogP contribution in [0.15, 0.2) is 36.2 Å². The Labute approximate surface area is 112 Å². The van der Waals surface area contributed by atoms with Gasteiger partial charge in [-0.15, -0.1) is 0 Å². The van der Waals surface area contributed by atoms with E-state index >= 15 is 0 Å². The first-order chi connectivity index (χ1) is 9.24. The van der Waals surface area contributed by atoms with Crippen molar-refractivity contribution in [2.75, 3.05) is 26.7 Å². The molecule has 1 saturated heterocycles. The van der Waals surface area contributed by atoms with Crippen molar-refractivity contribution in [1.82, 2.24) is 10.2 Å². The fourth-order valence-corrected chi connectivity index (χ4v) is 1.91. The molecule has 1 aliphatic heterocycles. The van der Waals surface area contributed by atoms with E-state index in [2.05, 4.69) is 11.4 Å². The number of nitrogens with zero attached hydrogens (tertiary/aromatic N) is 2. The Morgan fingerprint density at radius 3 is 2.89 bits per heavy atom. The van der Waals surface area contributed by atoms with Gasteiger partial charge in [-0.05, 0) is 24.3 Å². The van der Waals surface area contributed by atoms with E-state index in [9.17, 15) is 4.79 Å². The van der Waals surface area contributed by atoms with Gasteiger partial charge in [-0.3, -0.25) is 4.79 Å². The van der Waals surface area contributed by atoms with Gasteiger partial charge in [-0.2, -0.15) is 5.26 Å². The summed E-state index contributed by atoms with van der Waals surface area (Å²) in [4.78, 5) is 13.9. The molecule has 0 radical (unpaired) electrons. The summed E-state index contributed by atoms with van der Waals surface area (Å²) in [5.41, 5.74) is 0.596. The summed E-state index contributed by atoms with van der Waals surface area (Å²) in [6.45, 7) is 1.79. The van der Waals surface area contributed by atoms with E-state index in [1.54, 1.807) is 31.4 Å². The third-order valence-electron chi connectivity index (χ3n) is 2.93. The summed E-state index contributed by atoms with van der Waals surface area (Å²) in [6, 6.07) is 9.03. The highest BCUT2D eigenvalue weighted by Crippen LogP contribution is 2.14. The highest BCUT2D eigenvalue weighted by Gasteiger charge is 2.17. The zero-order chi connectivity index (χ0) is 13.7. The van der Waals surface area contributed by atoms with E-state index in [0.29, 0.717) is 17.1 Å². The quantitative estimate of drug-likeness (QED) is 0.498. The lowest BCUT2D eigenvalue weighted by Crippen LogP contribution is -2.21. The van der Waals surface area contributed by atoms with E-state index in [-0.39, 0.29) is 12.3 Å². The first-order valence-corrected chi connectivity index (χ1v) is 6.00. The molecule has 1 aromatic carbocycles. The van der Waals surface area contributed by atoms with Gasteiger partial charge in [0.15, 0.2) is 5.78 Å². The topological polar surface area (TPSA) is 65.4 Å². The molecule has 0 unspecified atom stereocenters. The van der Waals surface area contributed by atoms with E-state index in [1.807, 2.05) is 4.90 Å². The lowest BCUT2D eigenvalue weighted by Gasteiger charge is -2.13. The van der Waals surface area contributed by atoms with E-state index in [1.165, 1.54) is 6.08 Å².